The van der Waals surface area contributed by atoms with E-state index < -0.39 is 23.3 Å². The fourth-order valence-electron chi connectivity index (χ4n) is 3.58. The number of rotatable bonds is 10. The van der Waals surface area contributed by atoms with E-state index in [-0.39, 0.29) is 23.5 Å². The second-order valence-corrected chi connectivity index (χ2v) is 11.1. The molecule has 0 bridgehead atoms. The molecule has 5 N–H and O–H groups in total. The van der Waals surface area contributed by atoms with Crippen molar-refractivity contribution < 1.29 is 19.5 Å². The average molecular weight is 528 g/mol. The third-order valence-corrected chi connectivity index (χ3v) is 8.45. The molecule has 34 heavy (non-hydrogen) atoms. The van der Waals surface area contributed by atoms with Crippen molar-refractivity contribution in [1.29, 1.82) is 0 Å². The van der Waals surface area contributed by atoms with E-state index in [2.05, 4.69) is 26.2 Å². The molecule has 0 aliphatic carbocycles. The first-order chi connectivity index (χ1) is 16.2. The summed E-state index contributed by atoms with van der Waals surface area (Å²) in [5, 5.41) is 29.2. The van der Waals surface area contributed by atoms with Crippen LogP contribution in [0.25, 0.3) is 0 Å². The van der Waals surface area contributed by atoms with E-state index in [4.69, 9.17) is 5.73 Å². The Morgan fingerprint density at radius 2 is 2.24 bits per heavy atom. The van der Waals surface area contributed by atoms with Crippen molar-refractivity contribution in [2.75, 3.05) is 32.1 Å². The zero-order valence-electron chi connectivity index (χ0n) is 18.5. The minimum absolute atomic E-state index is 0.0263. The number of thioether (sulfide) groups is 3. The fourth-order valence-corrected chi connectivity index (χ4v) is 6.65. The summed E-state index contributed by atoms with van der Waals surface area (Å²) in [4.78, 5) is 40.5. The van der Waals surface area contributed by atoms with E-state index >= 15 is 0 Å². The lowest BCUT2D eigenvalue weighted by atomic mass is 10.0. The van der Waals surface area contributed by atoms with Gasteiger partial charge in [0.2, 0.25) is 11.1 Å². The number of hydrogen-bond acceptors (Lipinski definition) is 12. The van der Waals surface area contributed by atoms with Gasteiger partial charge in [-0.3, -0.25) is 14.5 Å². The van der Waals surface area contributed by atoms with Crippen molar-refractivity contribution in [1.82, 2.24) is 40.6 Å². The van der Waals surface area contributed by atoms with Crippen molar-refractivity contribution in [3.63, 3.8) is 0 Å². The van der Waals surface area contributed by atoms with Gasteiger partial charge in [-0.15, -0.1) is 16.9 Å². The monoisotopic (exact) mass is 527 g/mol. The molecule has 1 fully saturated rings. The lowest BCUT2D eigenvalue weighted by molar-refractivity contribution is -0.150. The summed E-state index contributed by atoms with van der Waals surface area (Å²) in [6.07, 6.45) is 0.0773. The number of hydrogen-bond donors (Lipinski definition) is 4. The summed E-state index contributed by atoms with van der Waals surface area (Å²) in [6, 6.07) is -0.761. The minimum atomic E-state index is -1.17. The molecule has 0 saturated carbocycles. The van der Waals surface area contributed by atoms with Crippen molar-refractivity contribution in [2.45, 2.75) is 35.0 Å². The van der Waals surface area contributed by atoms with E-state index in [1.807, 2.05) is 19.0 Å². The highest BCUT2D eigenvalue weighted by molar-refractivity contribution is 8.02. The number of aliphatic carboxylic acids is 1. The van der Waals surface area contributed by atoms with Crippen LogP contribution in [0.2, 0.25) is 0 Å². The summed E-state index contributed by atoms with van der Waals surface area (Å²) in [6.45, 7) is 1.36. The molecule has 184 valence electrons. The Labute approximate surface area is 208 Å². The molecule has 3 aliphatic heterocycles. The Bertz CT molecular complexity index is 1040. The Morgan fingerprint density at radius 1 is 1.44 bits per heavy atom. The van der Waals surface area contributed by atoms with Crippen molar-refractivity contribution >= 4 is 53.1 Å². The van der Waals surface area contributed by atoms with Crippen LogP contribution in [0.15, 0.2) is 27.5 Å². The number of carboxylic acids is 1. The first kappa shape index (κ1) is 24.8. The molecule has 0 spiro atoms. The highest BCUT2D eigenvalue weighted by Crippen LogP contribution is 2.41. The van der Waals surface area contributed by atoms with E-state index in [0.717, 1.165) is 6.54 Å². The molecule has 4 rings (SSSR count). The van der Waals surface area contributed by atoms with Crippen LogP contribution >= 0.6 is 35.3 Å². The maximum absolute atomic E-state index is 12.8. The van der Waals surface area contributed by atoms with Gasteiger partial charge < -0.3 is 26.4 Å². The van der Waals surface area contributed by atoms with E-state index in [0.29, 0.717) is 34.5 Å². The first-order valence-corrected chi connectivity index (χ1v) is 13.3. The quantitative estimate of drug-likeness (QED) is 0.213. The van der Waals surface area contributed by atoms with E-state index in [1.54, 1.807) is 10.1 Å². The molecule has 0 aromatic carbocycles. The smallest absolute Gasteiger partial charge is 0.352 e. The maximum atomic E-state index is 12.8. The first-order valence-electron chi connectivity index (χ1n) is 10.3. The molecule has 4 heterocycles. The lowest BCUT2D eigenvalue weighted by Crippen LogP contribution is -2.70. The number of carboxylic acid groups (broad SMARTS) is 1. The number of β-lactam (4-membered cyclic amide) rings is 1. The van der Waals surface area contributed by atoms with Crippen molar-refractivity contribution in [3.8, 4) is 0 Å². The van der Waals surface area contributed by atoms with Gasteiger partial charge in [-0.05, 0) is 35.5 Å². The van der Waals surface area contributed by atoms with E-state index in [9.17, 15) is 19.5 Å². The van der Waals surface area contributed by atoms with Gasteiger partial charge in [-0.25, -0.2) is 9.48 Å². The molecule has 2 amide bonds. The predicted molar refractivity (Wildman–Crippen MR) is 128 cm³/mol. The Balaban J connectivity index is 1.39. The molecular weight excluding hydrogens is 502 g/mol. The molecule has 1 unspecified atom stereocenters. The summed E-state index contributed by atoms with van der Waals surface area (Å²) >= 11 is 4.14. The molecular formula is C18H25N9O4S3. The third kappa shape index (κ3) is 5.35. The largest absolute Gasteiger partial charge is 0.477 e. The van der Waals surface area contributed by atoms with Crippen LogP contribution in [0, 0.1) is 0 Å². The number of likely N-dealkylation sites (N-methyl/N-ethyl adjacent to an activating group) is 1. The van der Waals surface area contributed by atoms with Gasteiger partial charge in [0, 0.05) is 23.7 Å². The summed E-state index contributed by atoms with van der Waals surface area (Å²) in [5.41, 5.74) is 6.72. The molecule has 1 aromatic rings. The van der Waals surface area contributed by atoms with E-state index in [1.165, 1.54) is 40.2 Å². The number of nitrogens with zero attached hydrogens (tertiary/aromatic N) is 6. The van der Waals surface area contributed by atoms with Gasteiger partial charge in [0.15, 0.2) is 0 Å². The van der Waals surface area contributed by atoms with Gasteiger partial charge in [0.05, 0.1) is 13.0 Å². The van der Waals surface area contributed by atoms with Crippen LogP contribution in [0.5, 0.6) is 0 Å². The Kier molecular flexibility index (Phi) is 7.71. The molecule has 0 radical (unpaired) electrons. The number of aromatic nitrogens is 4. The average Bonchev–Trinajstić information content (AvgIpc) is 3.41. The number of carbonyl (C=O) groups excluding carboxylic acids is 2. The Hall–Kier alpha value is -2.27. The lowest BCUT2D eigenvalue weighted by Gasteiger charge is -2.49. The highest BCUT2D eigenvalue weighted by atomic mass is 32.2. The van der Waals surface area contributed by atoms with Crippen LogP contribution in [-0.4, -0.2) is 102 Å². The maximum Gasteiger partial charge on any atom is 0.352 e. The number of amides is 2. The van der Waals surface area contributed by atoms with Gasteiger partial charge in [-0.1, -0.05) is 23.5 Å². The standard InChI is InChI=1S/C18H25N9O4S3/c1-25(2)3-4-26-18(22-23-24-26)34-7-9-6-32-15-12(14(29)27(15)13(9)16(30)31)21-11(28)5-10-8-33-17(19)20-10/h8,12,15,17,20H,3-7,19H2,1-2H3,(H,21,28)(H,30,31)/t12-,15-,17?/m1/s1. The second-order valence-electron chi connectivity index (χ2n) is 8.01. The molecule has 1 saturated heterocycles. The zero-order valence-corrected chi connectivity index (χ0v) is 21.0. The van der Waals surface area contributed by atoms with Crippen LogP contribution in [0.4, 0.5) is 0 Å². The van der Waals surface area contributed by atoms with Gasteiger partial charge >= 0.3 is 5.97 Å². The predicted octanol–water partition coefficient (Wildman–Crippen LogP) is -1.12. The number of carbonyl (C=O) groups is 3. The summed E-state index contributed by atoms with van der Waals surface area (Å²) in [5.74, 6) is -1.16. The zero-order chi connectivity index (χ0) is 24.4. The number of tetrazole rings is 1. The second kappa shape index (κ2) is 10.6. The molecule has 3 atom stereocenters. The normalized spacial score (nSPS) is 24.0. The highest BCUT2D eigenvalue weighted by Gasteiger charge is 2.54. The number of nitrogens with one attached hydrogen (secondary N) is 2. The molecule has 3 aliphatic rings. The third-order valence-electron chi connectivity index (χ3n) is 5.24. The van der Waals surface area contributed by atoms with Crippen LogP contribution in [0.1, 0.15) is 6.42 Å². The fraction of sp³-hybridized carbons (Fsp3) is 0.556. The molecule has 13 nitrogen and oxygen atoms in total. The number of fused-ring (bicyclic) bond motifs is 1. The summed E-state index contributed by atoms with van der Waals surface area (Å²) in [7, 11) is 3.90. The molecule has 1 aromatic heterocycles. The minimum Gasteiger partial charge on any atom is -0.477 e. The van der Waals surface area contributed by atoms with Crippen LogP contribution < -0.4 is 16.4 Å². The molecule has 16 heteroatoms. The number of nitrogens with two attached hydrogens (primary N) is 1. The van der Waals surface area contributed by atoms with Gasteiger partial charge in [0.25, 0.3) is 5.91 Å². The van der Waals surface area contributed by atoms with Crippen LogP contribution in [0.3, 0.4) is 0 Å². The van der Waals surface area contributed by atoms with Gasteiger partial charge in [-0.2, -0.15) is 0 Å². The van der Waals surface area contributed by atoms with Crippen molar-refractivity contribution in [3.05, 3.63) is 22.4 Å². The SMILES string of the molecule is CN(C)CCn1nnnc1SCC1=C(C(=O)O)N2C(=O)[C@@H](NC(=O)CC3=CSC(N)N3)[C@H]2SC1. The Morgan fingerprint density at radius 3 is 2.91 bits per heavy atom. The topological polar surface area (TPSA) is 172 Å². The van der Waals surface area contributed by atoms with Crippen LogP contribution in [-0.2, 0) is 20.9 Å². The van der Waals surface area contributed by atoms with Gasteiger partial charge in [0.1, 0.15) is 22.6 Å². The van der Waals surface area contributed by atoms with Crippen molar-refractivity contribution in [2.24, 2.45) is 5.73 Å². The summed E-state index contributed by atoms with van der Waals surface area (Å²) < 4.78 is 1.67.